The molecule has 2 aromatic heterocycles. The van der Waals surface area contributed by atoms with Gasteiger partial charge in [-0.05, 0) is 30.7 Å². The lowest BCUT2D eigenvalue weighted by Crippen LogP contribution is -2.23. The van der Waals surface area contributed by atoms with Crippen LogP contribution in [0.4, 0.5) is 13.2 Å². The largest absolute Gasteiger partial charge is 0.348 e. The summed E-state index contributed by atoms with van der Waals surface area (Å²) in [6.45, 7) is 2.07. The molecule has 2 heterocycles. The van der Waals surface area contributed by atoms with Gasteiger partial charge in [-0.2, -0.15) is 5.10 Å². The summed E-state index contributed by atoms with van der Waals surface area (Å²) in [6.07, 6.45) is -1.58. The first-order chi connectivity index (χ1) is 14.4. The maximum absolute atomic E-state index is 13.6. The van der Waals surface area contributed by atoms with Gasteiger partial charge in [0.15, 0.2) is 5.65 Å². The number of benzene rings is 2. The molecule has 0 aliphatic heterocycles. The van der Waals surface area contributed by atoms with E-state index < -0.39 is 12.3 Å². The fraction of sp³-hybridized carbons (Fsp3) is 0.136. The average molecular weight is 410 g/mol. The van der Waals surface area contributed by atoms with Crippen LogP contribution in [0.15, 0.2) is 60.8 Å². The van der Waals surface area contributed by atoms with Crippen molar-refractivity contribution in [2.75, 3.05) is 0 Å². The highest BCUT2D eigenvalue weighted by Crippen LogP contribution is 2.27. The van der Waals surface area contributed by atoms with E-state index in [0.717, 1.165) is 10.1 Å². The summed E-state index contributed by atoms with van der Waals surface area (Å²) in [5.41, 5.74) is 2.47. The molecular weight excluding hydrogens is 393 g/mol. The standard InChI is InChI=1S/C22H17F3N4O/c1-13-2-6-15(7-3-13)18-10-19(20(24)25)29-21(28-18)17(12-27-29)22(30)26-11-14-4-8-16(23)9-5-14/h2-10,12,20H,11H2,1H3,(H,26,30). The van der Waals surface area contributed by atoms with Crippen molar-refractivity contribution in [2.24, 2.45) is 0 Å². The summed E-state index contributed by atoms with van der Waals surface area (Å²) in [7, 11) is 0. The van der Waals surface area contributed by atoms with Crippen LogP contribution in [0.5, 0.6) is 0 Å². The zero-order valence-electron chi connectivity index (χ0n) is 15.9. The number of fused-ring (bicyclic) bond motifs is 1. The molecule has 0 saturated heterocycles. The van der Waals surface area contributed by atoms with Gasteiger partial charge in [-0.25, -0.2) is 22.7 Å². The second-order valence-corrected chi connectivity index (χ2v) is 6.84. The molecule has 2 aromatic carbocycles. The first kappa shape index (κ1) is 19.6. The molecule has 0 bridgehead atoms. The molecule has 0 aliphatic carbocycles. The van der Waals surface area contributed by atoms with Crippen LogP contribution >= 0.6 is 0 Å². The normalized spacial score (nSPS) is 11.2. The van der Waals surface area contributed by atoms with E-state index in [0.29, 0.717) is 16.8 Å². The van der Waals surface area contributed by atoms with Gasteiger partial charge in [0, 0.05) is 12.1 Å². The van der Waals surface area contributed by atoms with Gasteiger partial charge in [0.05, 0.1) is 11.9 Å². The summed E-state index contributed by atoms with van der Waals surface area (Å²) >= 11 is 0. The number of alkyl halides is 2. The molecule has 0 radical (unpaired) electrons. The molecule has 152 valence electrons. The van der Waals surface area contributed by atoms with E-state index in [1.54, 1.807) is 24.3 Å². The smallest absolute Gasteiger partial charge is 0.280 e. The minimum absolute atomic E-state index is 0.0416. The van der Waals surface area contributed by atoms with Crippen molar-refractivity contribution in [2.45, 2.75) is 19.9 Å². The average Bonchev–Trinajstić information content (AvgIpc) is 3.17. The third-order valence-corrected chi connectivity index (χ3v) is 4.68. The summed E-state index contributed by atoms with van der Waals surface area (Å²) in [6, 6.07) is 14.2. The molecule has 0 spiro atoms. The third kappa shape index (κ3) is 3.89. The van der Waals surface area contributed by atoms with Crippen LogP contribution in [-0.4, -0.2) is 20.5 Å². The second kappa shape index (κ2) is 7.98. The van der Waals surface area contributed by atoms with Crippen molar-refractivity contribution in [3.8, 4) is 11.3 Å². The molecule has 0 aliphatic rings. The van der Waals surface area contributed by atoms with Gasteiger partial charge in [0.25, 0.3) is 12.3 Å². The quantitative estimate of drug-likeness (QED) is 0.518. The van der Waals surface area contributed by atoms with Crippen LogP contribution in [0.3, 0.4) is 0 Å². The molecule has 1 N–H and O–H groups in total. The number of hydrogen-bond donors (Lipinski definition) is 1. The molecule has 4 rings (SSSR count). The third-order valence-electron chi connectivity index (χ3n) is 4.68. The fourth-order valence-corrected chi connectivity index (χ4v) is 3.05. The van der Waals surface area contributed by atoms with Gasteiger partial charge in [-0.15, -0.1) is 0 Å². The minimum atomic E-state index is -2.80. The predicted molar refractivity (Wildman–Crippen MR) is 106 cm³/mol. The molecule has 0 unspecified atom stereocenters. The van der Waals surface area contributed by atoms with Gasteiger partial charge in [-0.3, -0.25) is 4.79 Å². The number of hydrogen-bond acceptors (Lipinski definition) is 3. The first-order valence-corrected chi connectivity index (χ1v) is 9.19. The van der Waals surface area contributed by atoms with Gasteiger partial charge < -0.3 is 5.32 Å². The van der Waals surface area contributed by atoms with Gasteiger partial charge in [0.2, 0.25) is 0 Å². The van der Waals surface area contributed by atoms with E-state index in [-0.39, 0.29) is 29.3 Å². The molecular formula is C22H17F3N4O. The number of amides is 1. The van der Waals surface area contributed by atoms with E-state index in [9.17, 15) is 18.0 Å². The number of nitrogens with one attached hydrogen (secondary N) is 1. The number of halogens is 3. The van der Waals surface area contributed by atoms with E-state index in [2.05, 4.69) is 15.4 Å². The maximum Gasteiger partial charge on any atom is 0.280 e. The summed E-state index contributed by atoms with van der Waals surface area (Å²) < 4.78 is 41.3. The number of nitrogens with zero attached hydrogens (tertiary/aromatic N) is 3. The molecule has 0 atom stereocenters. The molecule has 4 aromatic rings. The lowest BCUT2D eigenvalue weighted by Gasteiger charge is -2.09. The molecule has 30 heavy (non-hydrogen) atoms. The van der Waals surface area contributed by atoms with Crippen molar-refractivity contribution >= 4 is 11.6 Å². The van der Waals surface area contributed by atoms with Gasteiger partial charge >= 0.3 is 0 Å². The highest BCUT2D eigenvalue weighted by Gasteiger charge is 2.21. The Kier molecular flexibility index (Phi) is 5.22. The Morgan fingerprint density at radius 1 is 1.10 bits per heavy atom. The van der Waals surface area contributed by atoms with E-state index >= 15 is 0 Å². The van der Waals surface area contributed by atoms with Crippen molar-refractivity contribution in [3.05, 3.63) is 89.0 Å². The summed E-state index contributed by atoms with van der Waals surface area (Å²) in [5, 5.41) is 6.63. The highest BCUT2D eigenvalue weighted by molar-refractivity contribution is 5.99. The van der Waals surface area contributed by atoms with Crippen LogP contribution < -0.4 is 5.32 Å². The highest BCUT2D eigenvalue weighted by atomic mass is 19.3. The molecule has 5 nitrogen and oxygen atoms in total. The van der Waals surface area contributed by atoms with Crippen LogP contribution in [0.1, 0.15) is 33.6 Å². The zero-order chi connectivity index (χ0) is 21.3. The second-order valence-electron chi connectivity index (χ2n) is 6.84. The van der Waals surface area contributed by atoms with Crippen molar-refractivity contribution in [1.29, 1.82) is 0 Å². The number of aryl methyl sites for hydroxylation is 1. The predicted octanol–water partition coefficient (Wildman–Crippen LogP) is 4.71. The first-order valence-electron chi connectivity index (χ1n) is 9.19. The van der Waals surface area contributed by atoms with Crippen molar-refractivity contribution in [3.63, 3.8) is 0 Å². The Hall–Kier alpha value is -3.68. The Balaban J connectivity index is 1.70. The Morgan fingerprint density at radius 3 is 2.47 bits per heavy atom. The van der Waals surface area contributed by atoms with Gasteiger partial charge in [0.1, 0.15) is 17.1 Å². The van der Waals surface area contributed by atoms with E-state index in [1.165, 1.54) is 24.4 Å². The van der Waals surface area contributed by atoms with E-state index in [1.807, 2.05) is 19.1 Å². The number of rotatable bonds is 5. The Bertz CT molecular complexity index is 1200. The molecule has 8 heteroatoms. The lowest BCUT2D eigenvalue weighted by molar-refractivity contribution is 0.0952. The minimum Gasteiger partial charge on any atom is -0.348 e. The molecule has 1 amide bonds. The zero-order valence-corrected chi connectivity index (χ0v) is 15.9. The van der Waals surface area contributed by atoms with Crippen molar-refractivity contribution in [1.82, 2.24) is 19.9 Å². The topological polar surface area (TPSA) is 59.3 Å². The lowest BCUT2D eigenvalue weighted by atomic mass is 10.1. The SMILES string of the molecule is Cc1ccc(-c2cc(C(F)F)n3ncc(C(=O)NCc4ccc(F)cc4)c3n2)cc1. The van der Waals surface area contributed by atoms with Gasteiger partial charge in [-0.1, -0.05) is 42.0 Å². The summed E-state index contributed by atoms with van der Waals surface area (Å²) in [4.78, 5) is 17.1. The number of aromatic nitrogens is 3. The van der Waals surface area contributed by atoms with Crippen LogP contribution in [-0.2, 0) is 6.54 Å². The maximum atomic E-state index is 13.6. The molecule has 0 fully saturated rings. The Morgan fingerprint density at radius 2 is 1.80 bits per heavy atom. The summed E-state index contributed by atoms with van der Waals surface area (Å²) in [5.74, 6) is -0.886. The molecule has 0 saturated carbocycles. The number of carbonyl (C=O) groups is 1. The van der Waals surface area contributed by atoms with Crippen LogP contribution in [0.2, 0.25) is 0 Å². The monoisotopic (exact) mass is 410 g/mol. The number of carbonyl (C=O) groups excluding carboxylic acids is 1. The Labute approximate surface area is 170 Å². The van der Waals surface area contributed by atoms with Crippen molar-refractivity contribution < 1.29 is 18.0 Å². The van der Waals surface area contributed by atoms with Crippen LogP contribution in [0, 0.1) is 12.7 Å². The van der Waals surface area contributed by atoms with E-state index in [4.69, 9.17) is 0 Å². The van der Waals surface area contributed by atoms with Crippen LogP contribution in [0.25, 0.3) is 16.9 Å². The fourth-order valence-electron chi connectivity index (χ4n) is 3.05.